The van der Waals surface area contributed by atoms with Gasteiger partial charge in [-0.3, -0.25) is 4.79 Å². The molecule has 3 heteroatoms. The van der Waals surface area contributed by atoms with Gasteiger partial charge in [0, 0.05) is 12.8 Å². The van der Waals surface area contributed by atoms with Crippen molar-refractivity contribution in [3.8, 4) is 0 Å². The van der Waals surface area contributed by atoms with Gasteiger partial charge in [-0.25, -0.2) is 0 Å². The van der Waals surface area contributed by atoms with Crippen LogP contribution in [0.3, 0.4) is 0 Å². The summed E-state index contributed by atoms with van der Waals surface area (Å²) in [7, 11) is 0. The molecule has 0 radical (unpaired) electrons. The van der Waals surface area contributed by atoms with E-state index in [0.29, 0.717) is 18.9 Å². The van der Waals surface area contributed by atoms with Crippen molar-refractivity contribution in [2.24, 2.45) is 17.8 Å². The summed E-state index contributed by atoms with van der Waals surface area (Å²) in [6.07, 6.45) is 14.4. The molecule has 2 aliphatic carbocycles. The van der Waals surface area contributed by atoms with Crippen LogP contribution in [0.5, 0.6) is 0 Å². The number of aldehydes is 1. The van der Waals surface area contributed by atoms with E-state index in [0.717, 1.165) is 31.0 Å². The average molecular weight is 280 g/mol. The van der Waals surface area contributed by atoms with Crippen molar-refractivity contribution < 1.29 is 14.3 Å². The van der Waals surface area contributed by atoms with Crippen LogP contribution < -0.4 is 0 Å². The fourth-order valence-electron chi connectivity index (χ4n) is 3.84. The fourth-order valence-corrected chi connectivity index (χ4v) is 3.84. The van der Waals surface area contributed by atoms with Gasteiger partial charge in [0.2, 0.25) is 0 Å². The van der Waals surface area contributed by atoms with Crippen LogP contribution in [0, 0.1) is 17.8 Å². The third kappa shape index (κ3) is 4.92. The Morgan fingerprint density at radius 2 is 1.60 bits per heavy atom. The summed E-state index contributed by atoms with van der Waals surface area (Å²) in [6.45, 7) is 0.698. The Bertz CT molecular complexity index is 291. The van der Waals surface area contributed by atoms with Crippen LogP contribution in [0.4, 0.5) is 0 Å². The second-order valence-corrected chi connectivity index (χ2v) is 6.58. The Labute approximate surface area is 122 Å². The van der Waals surface area contributed by atoms with Gasteiger partial charge in [0.1, 0.15) is 6.29 Å². The van der Waals surface area contributed by atoms with Crippen molar-refractivity contribution in [1.82, 2.24) is 0 Å². The van der Waals surface area contributed by atoms with E-state index >= 15 is 0 Å². The second-order valence-electron chi connectivity index (χ2n) is 6.58. The summed E-state index contributed by atoms with van der Waals surface area (Å²) in [5.74, 6) is 2.29. The predicted octanol–water partition coefficient (Wildman–Crippen LogP) is 3.90. The molecule has 3 rings (SSSR count). The van der Waals surface area contributed by atoms with Crippen LogP contribution in [-0.4, -0.2) is 18.9 Å². The maximum atomic E-state index is 10.8. The Morgan fingerprint density at radius 1 is 0.950 bits per heavy atom. The molecule has 3 aliphatic rings. The number of esters is 1. The number of rotatable bonds is 3. The molecule has 0 aromatic rings. The molecule has 3 fully saturated rings. The summed E-state index contributed by atoms with van der Waals surface area (Å²) >= 11 is 0. The number of hydrogen-bond acceptors (Lipinski definition) is 3. The van der Waals surface area contributed by atoms with E-state index in [1.54, 1.807) is 0 Å². The minimum atomic E-state index is 0.00393. The molecule has 1 heterocycles. The number of carbonyl (C=O) groups is 2. The van der Waals surface area contributed by atoms with Crippen molar-refractivity contribution in [1.29, 1.82) is 0 Å². The van der Waals surface area contributed by atoms with Gasteiger partial charge in [0.25, 0.3) is 0 Å². The normalized spacial score (nSPS) is 27.8. The summed E-state index contributed by atoms with van der Waals surface area (Å²) in [5.41, 5.74) is 0. The van der Waals surface area contributed by atoms with Crippen LogP contribution in [-0.2, 0) is 14.3 Å². The van der Waals surface area contributed by atoms with E-state index in [9.17, 15) is 9.59 Å². The first-order valence-electron chi connectivity index (χ1n) is 8.39. The van der Waals surface area contributed by atoms with Gasteiger partial charge < -0.3 is 9.53 Å². The average Bonchev–Trinajstić information content (AvgIpc) is 3.13. The van der Waals surface area contributed by atoms with E-state index in [1.807, 2.05) is 0 Å². The first-order chi connectivity index (χ1) is 9.79. The molecule has 0 amide bonds. The van der Waals surface area contributed by atoms with Crippen molar-refractivity contribution in [2.75, 3.05) is 6.61 Å². The van der Waals surface area contributed by atoms with Gasteiger partial charge in [0.05, 0.1) is 6.61 Å². The van der Waals surface area contributed by atoms with Crippen LogP contribution in [0.1, 0.15) is 70.6 Å². The lowest BCUT2D eigenvalue weighted by Gasteiger charge is -2.26. The van der Waals surface area contributed by atoms with E-state index in [-0.39, 0.29) is 5.97 Å². The number of hydrogen-bond donors (Lipinski definition) is 0. The van der Waals surface area contributed by atoms with E-state index in [4.69, 9.17) is 4.74 Å². The highest BCUT2D eigenvalue weighted by atomic mass is 16.5. The molecule has 1 unspecified atom stereocenters. The van der Waals surface area contributed by atoms with Gasteiger partial charge >= 0.3 is 5.97 Å². The quantitative estimate of drug-likeness (QED) is 0.582. The summed E-state index contributed by atoms with van der Waals surface area (Å²) in [5, 5.41) is 0. The third-order valence-corrected chi connectivity index (χ3v) is 5.15. The van der Waals surface area contributed by atoms with Crippen molar-refractivity contribution in [3.63, 3.8) is 0 Å². The summed E-state index contributed by atoms with van der Waals surface area (Å²) in [6, 6.07) is 0. The van der Waals surface area contributed by atoms with Crippen molar-refractivity contribution in [3.05, 3.63) is 0 Å². The van der Waals surface area contributed by atoms with Gasteiger partial charge in [-0.2, -0.15) is 0 Å². The van der Waals surface area contributed by atoms with Crippen molar-refractivity contribution in [2.45, 2.75) is 70.6 Å². The maximum absolute atomic E-state index is 10.8. The van der Waals surface area contributed by atoms with Crippen LogP contribution in [0.25, 0.3) is 0 Å². The Hall–Kier alpha value is -0.860. The zero-order chi connectivity index (χ0) is 14.2. The molecule has 1 aliphatic heterocycles. The molecule has 1 atom stereocenters. The molecule has 114 valence electrons. The predicted molar refractivity (Wildman–Crippen MR) is 78.3 cm³/mol. The van der Waals surface area contributed by atoms with Gasteiger partial charge in [0.15, 0.2) is 0 Å². The first-order valence-corrected chi connectivity index (χ1v) is 8.39. The lowest BCUT2D eigenvalue weighted by Crippen LogP contribution is -2.26. The lowest BCUT2D eigenvalue weighted by atomic mass is 9.87. The molecule has 0 spiro atoms. The molecule has 1 saturated heterocycles. The largest absolute Gasteiger partial charge is 0.465 e. The van der Waals surface area contributed by atoms with Gasteiger partial charge in [-0.1, -0.05) is 51.4 Å². The molecule has 0 N–H and O–H groups in total. The Balaban J connectivity index is 0.000000160. The molecule has 20 heavy (non-hydrogen) atoms. The minimum Gasteiger partial charge on any atom is -0.465 e. The lowest BCUT2D eigenvalue weighted by molar-refractivity contribution is -0.150. The molecular weight excluding hydrogens is 252 g/mol. The zero-order valence-corrected chi connectivity index (χ0v) is 12.5. The monoisotopic (exact) mass is 280 g/mol. The van der Waals surface area contributed by atoms with Gasteiger partial charge in [-0.05, 0) is 24.2 Å². The first kappa shape index (κ1) is 15.5. The smallest absolute Gasteiger partial charge is 0.305 e. The highest BCUT2D eigenvalue weighted by Gasteiger charge is 2.29. The topological polar surface area (TPSA) is 43.4 Å². The van der Waals surface area contributed by atoms with Crippen LogP contribution >= 0.6 is 0 Å². The molecule has 3 nitrogen and oxygen atoms in total. The maximum Gasteiger partial charge on any atom is 0.305 e. The highest BCUT2D eigenvalue weighted by molar-refractivity contribution is 5.69. The standard InChI is InChI=1S/C10H16O2.C7H12O/c11-10-6-5-9(7-12-10)8-3-1-2-4-8;8-6-5-7-3-1-2-4-7/h8-9H,1-7H2;6-7H,1-5H2. The third-order valence-electron chi connectivity index (χ3n) is 5.15. The molecule has 0 aromatic heterocycles. The van der Waals surface area contributed by atoms with Gasteiger partial charge in [-0.15, -0.1) is 0 Å². The zero-order valence-electron chi connectivity index (χ0n) is 12.5. The summed E-state index contributed by atoms with van der Waals surface area (Å²) in [4.78, 5) is 20.8. The fraction of sp³-hybridized carbons (Fsp3) is 0.882. The number of carbonyl (C=O) groups excluding carboxylic acids is 2. The Kier molecular flexibility index (Phi) is 6.55. The summed E-state index contributed by atoms with van der Waals surface area (Å²) < 4.78 is 5.06. The second kappa shape index (κ2) is 8.43. The van der Waals surface area contributed by atoms with E-state index in [2.05, 4.69) is 0 Å². The number of ether oxygens (including phenoxy) is 1. The minimum absolute atomic E-state index is 0.00393. The Morgan fingerprint density at radius 3 is 2.15 bits per heavy atom. The molecule has 2 saturated carbocycles. The number of cyclic esters (lactones) is 1. The van der Waals surface area contributed by atoms with Crippen LogP contribution in [0.2, 0.25) is 0 Å². The van der Waals surface area contributed by atoms with E-state index in [1.165, 1.54) is 51.4 Å². The highest BCUT2D eigenvalue weighted by Crippen LogP contribution is 2.35. The molecule has 0 bridgehead atoms. The van der Waals surface area contributed by atoms with Crippen LogP contribution in [0.15, 0.2) is 0 Å². The molecule has 0 aromatic carbocycles. The molecular formula is C17H28O3. The van der Waals surface area contributed by atoms with E-state index < -0.39 is 0 Å². The van der Waals surface area contributed by atoms with Crippen molar-refractivity contribution >= 4 is 12.3 Å². The SMILES string of the molecule is O=C1CCC(C2CCCC2)CO1.O=CCC1CCCC1.